The molecule has 1 saturated heterocycles. The Morgan fingerprint density at radius 1 is 1.44 bits per heavy atom. The normalized spacial score (nSPS) is 14.8. The zero-order valence-corrected chi connectivity index (χ0v) is 10.5. The zero-order chi connectivity index (χ0) is 13.0. The third kappa shape index (κ3) is 3.09. The van der Waals surface area contributed by atoms with E-state index in [1.54, 1.807) is 6.33 Å². The fraction of sp³-hybridized carbons (Fsp3) is 0.583. The Labute approximate surface area is 106 Å². The molecule has 1 fully saturated rings. The first-order chi connectivity index (χ1) is 8.66. The van der Waals surface area contributed by atoms with Gasteiger partial charge in [-0.2, -0.15) is 0 Å². The van der Waals surface area contributed by atoms with E-state index < -0.39 is 5.97 Å². The number of hydrogen-bond acceptors (Lipinski definition) is 5. The van der Waals surface area contributed by atoms with Crippen LogP contribution in [0.1, 0.15) is 19.3 Å². The number of aromatic nitrogens is 2. The Balaban J connectivity index is 2.03. The van der Waals surface area contributed by atoms with Crippen molar-refractivity contribution in [2.24, 2.45) is 0 Å². The minimum Gasteiger partial charge on any atom is -0.481 e. The van der Waals surface area contributed by atoms with Crippen molar-refractivity contribution >= 4 is 17.6 Å². The van der Waals surface area contributed by atoms with Crippen LogP contribution in [0, 0.1) is 0 Å². The summed E-state index contributed by atoms with van der Waals surface area (Å²) in [6, 6.07) is 1.92. The monoisotopic (exact) mass is 250 g/mol. The largest absolute Gasteiger partial charge is 0.481 e. The van der Waals surface area contributed by atoms with Crippen molar-refractivity contribution in [2.75, 3.05) is 36.5 Å². The van der Waals surface area contributed by atoms with Crippen LogP contribution in [0.3, 0.4) is 0 Å². The molecule has 0 aliphatic carbocycles. The highest BCUT2D eigenvalue weighted by molar-refractivity contribution is 5.67. The minimum absolute atomic E-state index is 0.111. The summed E-state index contributed by atoms with van der Waals surface area (Å²) in [5.74, 6) is 0.906. The molecule has 0 amide bonds. The van der Waals surface area contributed by atoms with Crippen molar-refractivity contribution in [3.8, 4) is 0 Å². The molecule has 0 saturated carbocycles. The topological polar surface area (TPSA) is 69.6 Å². The molecule has 0 atom stereocenters. The van der Waals surface area contributed by atoms with Gasteiger partial charge in [0.25, 0.3) is 0 Å². The molecule has 2 heterocycles. The van der Waals surface area contributed by atoms with E-state index in [1.807, 2.05) is 18.0 Å². The number of carbonyl (C=O) groups is 1. The van der Waals surface area contributed by atoms with E-state index >= 15 is 0 Å². The lowest BCUT2D eigenvalue weighted by Crippen LogP contribution is -2.24. The summed E-state index contributed by atoms with van der Waals surface area (Å²) in [5, 5.41) is 8.67. The Morgan fingerprint density at radius 2 is 2.17 bits per heavy atom. The smallest absolute Gasteiger partial charge is 0.305 e. The molecular weight excluding hydrogens is 232 g/mol. The highest BCUT2D eigenvalue weighted by Gasteiger charge is 2.15. The molecule has 1 aromatic heterocycles. The maximum absolute atomic E-state index is 10.5. The zero-order valence-electron chi connectivity index (χ0n) is 10.5. The quantitative estimate of drug-likeness (QED) is 0.840. The highest BCUT2D eigenvalue weighted by atomic mass is 16.4. The summed E-state index contributed by atoms with van der Waals surface area (Å²) >= 11 is 0. The third-order valence-electron chi connectivity index (χ3n) is 3.12. The maximum Gasteiger partial charge on any atom is 0.305 e. The molecule has 0 bridgehead atoms. The summed E-state index contributed by atoms with van der Waals surface area (Å²) in [6.07, 6.45) is 4.06. The average Bonchev–Trinajstić information content (AvgIpc) is 2.90. The van der Waals surface area contributed by atoms with Crippen LogP contribution in [0.2, 0.25) is 0 Å². The van der Waals surface area contributed by atoms with Gasteiger partial charge in [0.05, 0.1) is 6.42 Å². The van der Waals surface area contributed by atoms with Gasteiger partial charge in [-0.15, -0.1) is 0 Å². The summed E-state index contributed by atoms with van der Waals surface area (Å²) in [4.78, 5) is 23.1. The van der Waals surface area contributed by atoms with Gasteiger partial charge < -0.3 is 14.9 Å². The molecule has 6 heteroatoms. The molecule has 0 spiro atoms. The van der Waals surface area contributed by atoms with Gasteiger partial charge >= 0.3 is 5.97 Å². The number of nitrogens with zero attached hydrogens (tertiary/aromatic N) is 4. The van der Waals surface area contributed by atoms with Gasteiger partial charge in [-0.05, 0) is 12.8 Å². The molecule has 0 radical (unpaired) electrons. The van der Waals surface area contributed by atoms with Crippen LogP contribution in [0.15, 0.2) is 12.4 Å². The molecule has 0 aromatic carbocycles. The SMILES string of the molecule is CN(CCC(=O)O)c1cc(N2CCCC2)ncn1. The van der Waals surface area contributed by atoms with Crippen molar-refractivity contribution in [1.29, 1.82) is 0 Å². The van der Waals surface area contributed by atoms with Gasteiger partial charge in [0, 0.05) is 32.7 Å². The fourth-order valence-corrected chi connectivity index (χ4v) is 2.04. The fourth-order valence-electron chi connectivity index (χ4n) is 2.04. The molecule has 1 aliphatic rings. The average molecular weight is 250 g/mol. The maximum atomic E-state index is 10.5. The van der Waals surface area contributed by atoms with Crippen LogP contribution in [0.25, 0.3) is 0 Å². The van der Waals surface area contributed by atoms with Crippen LogP contribution in [-0.2, 0) is 4.79 Å². The second-order valence-corrected chi connectivity index (χ2v) is 4.49. The predicted molar refractivity (Wildman–Crippen MR) is 69.0 cm³/mol. The Bertz CT molecular complexity index is 418. The number of carboxylic acid groups (broad SMARTS) is 1. The molecule has 0 unspecified atom stereocenters. The van der Waals surface area contributed by atoms with Gasteiger partial charge in [-0.3, -0.25) is 4.79 Å². The minimum atomic E-state index is -0.796. The van der Waals surface area contributed by atoms with E-state index in [0.717, 1.165) is 24.7 Å². The van der Waals surface area contributed by atoms with Crippen LogP contribution >= 0.6 is 0 Å². The van der Waals surface area contributed by atoms with E-state index in [4.69, 9.17) is 5.11 Å². The van der Waals surface area contributed by atoms with E-state index in [9.17, 15) is 4.79 Å². The van der Waals surface area contributed by atoms with Crippen LogP contribution in [0.4, 0.5) is 11.6 Å². The number of carboxylic acids is 1. The lowest BCUT2D eigenvalue weighted by Gasteiger charge is -2.20. The lowest BCUT2D eigenvalue weighted by atomic mass is 10.4. The Kier molecular flexibility index (Phi) is 3.96. The molecule has 18 heavy (non-hydrogen) atoms. The van der Waals surface area contributed by atoms with Crippen LogP contribution < -0.4 is 9.80 Å². The summed E-state index contributed by atoms with van der Waals surface area (Å²) in [7, 11) is 1.85. The number of aliphatic carboxylic acids is 1. The van der Waals surface area contributed by atoms with E-state index in [-0.39, 0.29) is 6.42 Å². The highest BCUT2D eigenvalue weighted by Crippen LogP contribution is 2.20. The molecule has 2 rings (SSSR count). The second kappa shape index (κ2) is 5.66. The summed E-state index contributed by atoms with van der Waals surface area (Å²) < 4.78 is 0. The van der Waals surface area contributed by atoms with Gasteiger partial charge in [-0.25, -0.2) is 9.97 Å². The van der Waals surface area contributed by atoms with Gasteiger partial charge in [-0.1, -0.05) is 0 Å². The molecule has 1 aromatic rings. The Hall–Kier alpha value is -1.85. The first-order valence-electron chi connectivity index (χ1n) is 6.17. The molecule has 6 nitrogen and oxygen atoms in total. The number of hydrogen-bond donors (Lipinski definition) is 1. The van der Waals surface area contributed by atoms with E-state index in [0.29, 0.717) is 6.54 Å². The molecule has 98 valence electrons. The van der Waals surface area contributed by atoms with Gasteiger partial charge in [0.2, 0.25) is 0 Å². The summed E-state index contributed by atoms with van der Waals surface area (Å²) in [6.45, 7) is 2.52. The van der Waals surface area contributed by atoms with E-state index in [1.165, 1.54) is 12.8 Å². The van der Waals surface area contributed by atoms with Gasteiger partial charge in [0.15, 0.2) is 0 Å². The van der Waals surface area contributed by atoms with Crippen molar-refractivity contribution in [1.82, 2.24) is 9.97 Å². The number of anilines is 2. The number of rotatable bonds is 5. The van der Waals surface area contributed by atoms with Crippen LogP contribution in [-0.4, -0.2) is 47.7 Å². The van der Waals surface area contributed by atoms with Crippen molar-refractivity contribution in [3.05, 3.63) is 12.4 Å². The first-order valence-corrected chi connectivity index (χ1v) is 6.17. The van der Waals surface area contributed by atoms with Crippen LogP contribution in [0.5, 0.6) is 0 Å². The lowest BCUT2D eigenvalue weighted by molar-refractivity contribution is -0.136. The standard InChI is InChI=1S/C12H18N4O2/c1-15(7-4-12(17)18)10-8-11(14-9-13-10)16-5-2-3-6-16/h8-9H,2-7H2,1H3,(H,17,18). The van der Waals surface area contributed by atoms with Crippen molar-refractivity contribution in [2.45, 2.75) is 19.3 Å². The van der Waals surface area contributed by atoms with Crippen molar-refractivity contribution < 1.29 is 9.90 Å². The molecule has 1 aliphatic heterocycles. The van der Waals surface area contributed by atoms with E-state index in [2.05, 4.69) is 14.9 Å². The van der Waals surface area contributed by atoms with Gasteiger partial charge in [0.1, 0.15) is 18.0 Å². The summed E-state index contributed by atoms with van der Waals surface area (Å²) in [5.41, 5.74) is 0. The first kappa shape index (κ1) is 12.6. The molecule has 1 N–H and O–H groups in total. The molecular formula is C12H18N4O2. The predicted octanol–water partition coefficient (Wildman–Crippen LogP) is 0.988. The second-order valence-electron chi connectivity index (χ2n) is 4.49. The Morgan fingerprint density at radius 3 is 2.83 bits per heavy atom. The van der Waals surface area contributed by atoms with Crippen molar-refractivity contribution in [3.63, 3.8) is 0 Å². The third-order valence-corrected chi connectivity index (χ3v) is 3.12.